The van der Waals surface area contributed by atoms with Crippen molar-refractivity contribution < 1.29 is 46.5 Å². The van der Waals surface area contributed by atoms with Crippen LogP contribution in [0.5, 0.6) is 11.6 Å². The summed E-state index contributed by atoms with van der Waals surface area (Å²) in [7, 11) is -2.29. The molecule has 4 amide bonds. The number of pyridine rings is 1. The number of benzene rings is 1. The average Bonchev–Trinajstić information content (AvgIpc) is 4.23. The Hall–Kier alpha value is -4.48. The number of nitrogens with one attached hydrogen (secondary N) is 3. The molecule has 7 atom stereocenters. The minimum Gasteiger partial charge on any atom is -0.492 e. The highest BCUT2D eigenvalue weighted by Crippen LogP contribution is 2.47. The molecule has 4 heterocycles. The number of likely N-dealkylation sites (tertiary alicyclic amines) is 1. The van der Waals surface area contributed by atoms with Crippen molar-refractivity contribution in [3.05, 3.63) is 42.5 Å². The maximum atomic E-state index is 14.9. The van der Waals surface area contributed by atoms with Crippen LogP contribution in [0.15, 0.2) is 36.9 Å². The van der Waals surface area contributed by atoms with Gasteiger partial charge in [-0.1, -0.05) is 51.8 Å². The topological polar surface area (TPSA) is 195 Å². The highest BCUT2D eigenvalue weighted by molar-refractivity contribution is 7.91. The second kappa shape index (κ2) is 18.7. The van der Waals surface area contributed by atoms with Gasteiger partial charge in [0.2, 0.25) is 27.7 Å². The number of fused-ring (bicyclic) bond motifs is 5. The van der Waals surface area contributed by atoms with Crippen LogP contribution in [0.4, 0.5) is 4.79 Å². The highest BCUT2D eigenvalue weighted by atomic mass is 32.2. The van der Waals surface area contributed by atoms with Crippen LogP contribution in [-0.4, -0.2) is 128 Å². The number of hydrogen-bond donors (Lipinski definition) is 3. The Morgan fingerprint density at radius 2 is 1.82 bits per heavy atom. The van der Waals surface area contributed by atoms with Crippen LogP contribution in [0.3, 0.4) is 0 Å². The van der Waals surface area contributed by atoms with E-state index in [0.717, 1.165) is 81.3 Å². The first-order valence-corrected chi connectivity index (χ1v) is 25.1. The number of nitrogens with zero attached hydrogens (tertiary/aromatic N) is 3. The van der Waals surface area contributed by atoms with Crippen LogP contribution in [0.25, 0.3) is 10.9 Å². The minimum atomic E-state index is -4.02. The number of para-hydroxylation sites is 1. The van der Waals surface area contributed by atoms with E-state index in [-0.39, 0.29) is 31.4 Å². The molecule has 0 unspecified atom stereocenters. The molecule has 65 heavy (non-hydrogen) atoms. The van der Waals surface area contributed by atoms with Gasteiger partial charge in [0.1, 0.15) is 35.6 Å². The lowest BCUT2D eigenvalue weighted by atomic mass is 9.85. The second-order valence-corrected chi connectivity index (χ2v) is 22.9. The molecule has 3 aliphatic heterocycles. The Balaban J connectivity index is 1.11. The van der Waals surface area contributed by atoms with Crippen molar-refractivity contribution in [1.82, 2.24) is 30.1 Å². The van der Waals surface area contributed by atoms with Gasteiger partial charge in [-0.2, -0.15) is 0 Å². The normalized spacial score (nSPS) is 29.7. The first-order valence-electron chi connectivity index (χ1n) is 23.7. The maximum Gasteiger partial charge on any atom is 0.408 e. The summed E-state index contributed by atoms with van der Waals surface area (Å²) < 4.78 is 52.5. The van der Waals surface area contributed by atoms with Crippen molar-refractivity contribution in [1.29, 1.82) is 0 Å². The van der Waals surface area contributed by atoms with Crippen molar-refractivity contribution in [3.63, 3.8) is 0 Å². The number of aromatic nitrogens is 1. The number of methoxy groups -OCH3 is 1. The van der Waals surface area contributed by atoms with Gasteiger partial charge in [-0.3, -0.25) is 19.1 Å². The van der Waals surface area contributed by atoms with Gasteiger partial charge in [-0.25, -0.2) is 18.2 Å². The minimum absolute atomic E-state index is 0.0290. The van der Waals surface area contributed by atoms with E-state index in [1.807, 2.05) is 45.0 Å². The fourth-order valence-electron chi connectivity index (χ4n) is 9.79. The number of rotatable bonds is 12. The summed E-state index contributed by atoms with van der Waals surface area (Å²) in [5.74, 6) is -0.816. The van der Waals surface area contributed by atoms with E-state index in [2.05, 4.69) is 26.8 Å². The molecule has 3 aliphatic carbocycles. The van der Waals surface area contributed by atoms with E-state index in [4.69, 9.17) is 23.9 Å². The Morgan fingerprint density at radius 1 is 1.06 bits per heavy atom. The molecular weight excluding hydrogens is 853 g/mol. The largest absolute Gasteiger partial charge is 0.492 e. The summed E-state index contributed by atoms with van der Waals surface area (Å²) in [5, 5.41) is 6.61. The van der Waals surface area contributed by atoms with E-state index in [1.165, 1.54) is 11.0 Å². The molecule has 0 spiro atoms. The number of ether oxygens (including phenoxy) is 4. The zero-order chi connectivity index (χ0) is 46.3. The van der Waals surface area contributed by atoms with E-state index < -0.39 is 73.6 Å². The quantitative estimate of drug-likeness (QED) is 0.241. The summed E-state index contributed by atoms with van der Waals surface area (Å²) in [4.78, 5) is 65.8. The van der Waals surface area contributed by atoms with Crippen LogP contribution < -0.4 is 24.8 Å². The van der Waals surface area contributed by atoms with Crippen molar-refractivity contribution in [2.75, 3.05) is 46.5 Å². The number of carbonyl (C=O) groups is 4. The van der Waals surface area contributed by atoms with Gasteiger partial charge in [0.25, 0.3) is 5.91 Å². The predicted octanol–water partition coefficient (Wildman–Crippen LogP) is 5.03. The lowest BCUT2D eigenvalue weighted by Crippen LogP contribution is -2.60. The fraction of sp³-hybridized carbons (Fsp3) is 0.688. The molecule has 17 heteroatoms. The molecule has 2 bridgehead atoms. The summed E-state index contributed by atoms with van der Waals surface area (Å²) in [6.07, 6.45) is 7.92. The van der Waals surface area contributed by atoms with Crippen molar-refractivity contribution in [3.8, 4) is 11.6 Å². The zero-order valence-corrected chi connectivity index (χ0v) is 39.5. The first kappa shape index (κ1) is 47.0. The third kappa shape index (κ3) is 10.3. The smallest absolute Gasteiger partial charge is 0.408 e. The molecule has 3 N–H and O–H groups in total. The van der Waals surface area contributed by atoms with Gasteiger partial charge < -0.3 is 39.4 Å². The van der Waals surface area contributed by atoms with Gasteiger partial charge in [0.15, 0.2) is 0 Å². The summed E-state index contributed by atoms with van der Waals surface area (Å²) in [6.45, 7) is 15.0. The standard InChI is InChI=1S/C48H68N6O10S/c1-7-32-27-48(32,44(57)52-65(59,60)47(5)19-20-47)51-41(55)37-26-33-28-54(37)43(56)40(46(2,3)4)50-45(58)64-38-25-31(38)13-9-8-10-15-35-39(34-14-11-12-16-36(34)49-42(35)63-33)62-29-30-17-21-53(22-18-30)23-24-61-6/h7,11-12,14,16,30-33,37-38,40H,1,8-10,13,15,17-29H2,2-6H3,(H,50,58)(H,51,55)(H,52,57)/t31-,32-,33-,37+,38-,40-,48-/m1/s1. The van der Waals surface area contributed by atoms with Crippen molar-refractivity contribution >= 4 is 44.7 Å². The monoisotopic (exact) mass is 920 g/mol. The van der Waals surface area contributed by atoms with E-state index in [0.29, 0.717) is 49.8 Å². The average molecular weight is 921 g/mol. The van der Waals surface area contributed by atoms with Crippen LogP contribution in [0, 0.1) is 23.2 Å². The van der Waals surface area contributed by atoms with Crippen molar-refractivity contribution in [2.45, 2.75) is 139 Å². The SMILES string of the molecule is C=C[C@@H]1C[C@]1(NC(=O)[C@@H]1C[C@@H]2CN1C(=O)[C@H](C(C)(C)C)NC(=O)O[C@@H]1C[C@H]1CCCCCc1c(nc3ccccc3c1OCC1CCN(CCOC)CC1)O2)C(=O)NS(=O)(=O)C1(C)CC1. The van der Waals surface area contributed by atoms with Gasteiger partial charge >= 0.3 is 6.09 Å². The Kier molecular flexibility index (Phi) is 13.5. The summed E-state index contributed by atoms with van der Waals surface area (Å²) >= 11 is 0. The number of hydrogen-bond acceptors (Lipinski definition) is 12. The molecular formula is C48H68N6O10S. The number of carbonyl (C=O) groups excluding carboxylic acids is 4. The summed E-state index contributed by atoms with van der Waals surface area (Å²) in [5.41, 5.74) is -0.851. The third-order valence-electron chi connectivity index (χ3n) is 14.7. The molecule has 6 aliphatic rings. The molecule has 356 valence electrons. The lowest BCUT2D eigenvalue weighted by Gasteiger charge is -2.35. The molecule has 5 fully saturated rings. The molecule has 0 radical (unpaired) electrons. The molecule has 1 aromatic heterocycles. The molecule has 1 aromatic carbocycles. The zero-order valence-electron chi connectivity index (χ0n) is 38.7. The molecule has 2 aromatic rings. The summed E-state index contributed by atoms with van der Waals surface area (Å²) in [6, 6.07) is 5.60. The number of sulfonamides is 1. The number of amides is 4. The van der Waals surface area contributed by atoms with Gasteiger partial charge in [0.05, 0.1) is 35.6 Å². The number of alkyl carbamates (subject to hydrolysis) is 1. The van der Waals surface area contributed by atoms with Gasteiger partial charge in [-0.05, 0) is 107 Å². The van der Waals surface area contributed by atoms with Crippen LogP contribution >= 0.6 is 0 Å². The third-order valence-corrected chi connectivity index (χ3v) is 16.8. The number of piperidine rings is 1. The van der Waals surface area contributed by atoms with E-state index in [1.54, 1.807) is 14.0 Å². The predicted molar refractivity (Wildman–Crippen MR) is 244 cm³/mol. The van der Waals surface area contributed by atoms with E-state index in [9.17, 15) is 27.6 Å². The molecule has 16 nitrogen and oxygen atoms in total. The molecule has 8 rings (SSSR count). The molecule has 3 saturated carbocycles. The van der Waals surface area contributed by atoms with Crippen LogP contribution in [0.1, 0.15) is 104 Å². The Morgan fingerprint density at radius 3 is 2.51 bits per heavy atom. The van der Waals surface area contributed by atoms with E-state index >= 15 is 0 Å². The first-order chi connectivity index (χ1) is 30.9. The van der Waals surface area contributed by atoms with Crippen molar-refractivity contribution in [2.24, 2.45) is 23.2 Å². The highest BCUT2D eigenvalue weighted by Gasteiger charge is 2.63. The van der Waals surface area contributed by atoms with Gasteiger partial charge in [-0.15, -0.1) is 6.58 Å². The maximum absolute atomic E-state index is 14.9. The lowest BCUT2D eigenvalue weighted by molar-refractivity contribution is -0.142. The van der Waals surface area contributed by atoms with Crippen LogP contribution in [-0.2, 0) is 40.3 Å². The second-order valence-electron chi connectivity index (χ2n) is 20.7. The Labute approximate surface area is 383 Å². The Bertz CT molecular complexity index is 2250. The molecule has 2 saturated heterocycles. The van der Waals surface area contributed by atoms with Gasteiger partial charge in [0, 0.05) is 31.4 Å². The fourth-order valence-corrected chi connectivity index (χ4v) is 11.1. The van der Waals surface area contributed by atoms with Crippen LogP contribution in [0.2, 0.25) is 0 Å².